The number of hydrogen-bond acceptors (Lipinski definition) is 3. The maximum Gasteiger partial charge on any atom is 0.279 e. The number of para-hydroxylation sites is 1. The molecule has 0 aliphatic carbocycles. The fourth-order valence-corrected chi connectivity index (χ4v) is 3.25. The topological polar surface area (TPSA) is 70.9 Å². The minimum atomic E-state index is -0.268. The first-order valence-electron chi connectivity index (χ1n) is 8.28. The Balaban J connectivity index is 1.53. The van der Waals surface area contributed by atoms with Gasteiger partial charge in [0.15, 0.2) is 6.54 Å². The lowest BCUT2D eigenvalue weighted by molar-refractivity contribution is -0.870. The summed E-state index contributed by atoms with van der Waals surface area (Å²) < 4.78 is 0.817. The molecule has 1 unspecified atom stereocenters. The van der Waals surface area contributed by atoms with Gasteiger partial charge in [0.2, 0.25) is 0 Å². The molecule has 1 aliphatic heterocycles. The Morgan fingerprint density at radius 1 is 1.04 bits per heavy atom. The summed E-state index contributed by atoms with van der Waals surface area (Å²) in [5.41, 5.74) is 1.61. The quantitative estimate of drug-likeness (QED) is 0.695. The lowest BCUT2D eigenvalue weighted by Crippen LogP contribution is -3.10. The van der Waals surface area contributed by atoms with Crippen molar-refractivity contribution in [1.82, 2.24) is 4.90 Å². The van der Waals surface area contributed by atoms with Crippen molar-refractivity contribution in [3.8, 4) is 0 Å². The van der Waals surface area contributed by atoms with E-state index in [1.807, 2.05) is 31.3 Å². The van der Waals surface area contributed by atoms with Crippen molar-refractivity contribution in [2.45, 2.75) is 0 Å². The molecule has 2 aromatic rings. The van der Waals surface area contributed by atoms with E-state index >= 15 is 0 Å². The molecule has 1 aliphatic rings. The number of fused-ring (bicyclic) bond motifs is 1. The third kappa shape index (κ3) is 3.84. The molecule has 0 saturated carbocycles. The molecule has 2 N–H and O–H groups in total. The van der Waals surface area contributed by atoms with E-state index in [9.17, 15) is 14.4 Å². The molecule has 0 spiro atoms. The monoisotopic (exact) mass is 416 g/mol. The number of benzene rings is 2. The first-order chi connectivity index (χ1) is 12.5. The molecule has 0 fully saturated rings. The highest BCUT2D eigenvalue weighted by atomic mass is 79.9. The maximum atomic E-state index is 12.3. The SMILES string of the molecule is C[NH+](CCN1C(=O)c2ccccc2C1=O)CC(=O)Nc1ccccc1Br. The minimum absolute atomic E-state index is 0.128. The molecule has 0 saturated heterocycles. The van der Waals surface area contributed by atoms with Gasteiger partial charge in [-0.15, -0.1) is 0 Å². The number of nitrogens with one attached hydrogen (secondary N) is 2. The summed E-state index contributed by atoms with van der Waals surface area (Å²) in [5.74, 6) is -0.663. The molecular formula is C19H19BrN3O3+. The van der Waals surface area contributed by atoms with Gasteiger partial charge in [-0.25, -0.2) is 0 Å². The van der Waals surface area contributed by atoms with Gasteiger partial charge in [-0.3, -0.25) is 19.3 Å². The van der Waals surface area contributed by atoms with E-state index in [1.54, 1.807) is 24.3 Å². The van der Waals surface area contributed by atoms with Gasteiger partial charge in [0.05, 0.1) is 37.0 Å². The summed E-state index contributed by atoms with van der Waals surface area (Å²) in [4.78, 5) is 39.0. The highest BCUT2D eigenvalue weighted by Gasteiger charge is 2.35. The fraction of sp³-hybridized carbons (Fsp3) is 0.211. The van der Waals surface area contributed by atoms with Gasteiger partial charge < -0.3 is 10.2 Å². The highest BCUT2D eigenvalue weighted by molar-refractivity contribution is 9.10. The summed E-state index contributed by atoms with van der Waals surface area (Å²) in [7, 11) is 1.86. The van der Waals surface area contributed by atoms with Crippen molar-refractivity contribution < 1.29 is 19.3 Å². The second-order valence-corrected chi connectivity index (χ2v) is 7.07. The Labute approximate surface area is 159 Å². The van der Waals surface area contributed by atoms with Gasteiger partial charge in [0.25, 0.3) is 17.7 Å². The number of carbonyl (C=O) groups is 3. The first kappa shape index (κ1) is 18.3. The Kier molecular flexibility index (Phi) is 5.49. The summed E-state index contributed by atoms with van der Waals surface area (Å²) >= 11 is 3.39. The molecule has 0 bridgehead atoms. The lowest BCUT2D eigenvalue weighted by atomic mass is 10.1. The maximum absolute atomic E-state index is 12.3. The number of imide groups is 1. The van der Waals surface area contributed by atoms with E-state index in [4.69, 9.17) is 0 Å². The lowest BCUT2D eigenvalue weighted by Gasteiger charge is -2.18. The van der Waals surface area contributed by atoms with Crippen LogP contribution in [0.3, 0.4) is 0 Å². The van der Waals surface area contributed by atoms with E-state index in [-0.39, 0.29) is 30.8 Å². The Bertz CT molecular complexity index is 834. The van der Waals surface area contributed by atoms with Crippen molar-refractivity contribution in [2.75, 3.05) is 32.0 Å². The number of nitrogens with zero attached hydrogens (tertiary/aromatic N) is 1. The highest BCUT2D eigenvalue weighted by Crippen LogP contribution is 2.22. The van der Waals surface area contributed by atoms with Crippen LogP contribution in [-0.4, -0.2) is 49.3 Å². The van der Waals surface area contributed by atoms with E-state index in [1.165, 1.54) is 4.90 Å². The molecule has 134 valence electrons. The van der Waals surface area contributed by atoms with Crippen LogP contribution >= 0.6 is 15.9 Å². The van der Waals surface area contributed by atoms with E-state index in [2.05, 4.69) is 21.2 Å². The molecule has 3 rings (SSSR count). The fourth-order valence-electron chi connectivity index (χ4n) is 2.86. The Morgan fingerprint density at radius 3 is 2.23 bits per heavy atom. The molecule has 7 heteroatoms. The van der Waals surface area contributed by atoms with Gasteiger partial charge in [-0.05, 0) is 40.2 Å². The summed E-state index contributed by atoms with van der Waals surface area (Å²) in [6, 6.07) is 14.2. The van der Waals surface area contributed by atoms with Gasteiger partial charge in [0.1, 0.15) is 0 Å². The molecule has 0 aromatic heterocycles. The van der Waals surface area contributed by atoms with Crippen LogP contribution in [0.15, 0.2) is 53.0 Å². The Hall–Kier alpha value is -2.51. The van der Waals surface area contributed by atoms with Gasteiger partial charge in [0, 0.05) is 4.47 Å². The van der Waals surface area contributed by atoms with Crippen molar-refractivity contribution in [3.05, 3.63) is 64.1 Å². The summed E-state index contributed by atoms with van der Waals surface area (Å²) in [6.45, 7) is 1.01. The second kappa shape index (κ2) is 7.80. The summed E-state index contributed by atoms with van der Waals surface area (Å²) in [6.07, 6.45) is 0. The van der Waals surface area contributed by atoms with E-state index < -0.39 is 0 Å². The van der Waals surface area contributed by atoms with Crippen LogP contribution in [0.5, 0.6) is 0 Å². The zero-order valence-corrected chi connectivity index (χ0v) is 15.9. The van der Waals surface area contributed by atoms with E-state index in [0.717, 1.165) is 9.37 Å². The molecule has 1 atom stereocenters. The van der Waals surface area contributed by atoms with E-state index in [0.29, 0.717) is 23.4 Å². The van der Waals surface area contributed by atoms with Crippen LogP contribution in [0.25, 0.3) is 0 Å². The third-order valence-corrected chi connectivity index (χ3v) is 4.94. The Morgan fingerprint density at radius 2 is 1.62 bits per heavy atom. The second-order valence-electron chi connectivity index (χ2n) is 6.22. The number of hydrogen-bond donors (Lipinski definition) is 2. The molecule has 3 amide bonds. The zero-order chi connectivity index (χ0) is 18.7. The normalized spacial score (nSPS) is 14.3. The number of quaternary nitrogens is 1. The van der Waals surface area contributed by atoms with Crippen LogP contribution in [0.4, 0.5) is 5.69 Å². The molecule has 26 heavy (non-hydrogen) atoms. The molecule has 2 aromatic carbocycles. The van der Waals surface area contributed by atoms with Crippen LogP contribution < -0.4 is 10.2 Å². The van der Waals surface area contributed by atoms with Crippen molar-refractivity contribution in [2.24, 2.45) is 0 Å². The number of carbonyl (C=O) groups excluding carboxylic acids is 3. The first-order valence-corrected chi connectivity index (χ1v) is 9.07. The molecular weight excluding hydrogens is 398 g/mol. The number of rotatable bonds is 6. The van der Waals surface area contributed by atoms with Crippen molar-refractivity contribution in [1.29, 1.82) is 0 Å². The number of anilines is 1. The van der Waals surface area contributed by atoms with Gasteiger partial charge in [-0.2, -0.15) is 0 Å². The summed E-state index contributed by atoms with van der Waals surface area (Å²) in [5, 5.41) is 2.85. The van der Waals surface area contributed by atoms with Gasteiger partial charge >= 0.3 is 0 Å². The van der Waals surface area contributed by atoms with Crippen LogP contribution in [0.2, 0.25) is 0 Å². The smallest absolute Gasteiger partial charge is 0.279 e. The average molecular weight is 417 g/mol. The van der Waals surface area contributed by atoms with Gasteiger partial charge in [-0.1, -0.05) is 24.3 Å². The predicted molar refractivity (Wildman–Crippen MR) is 101 cm³/mol. The predicted octanol–water partition coefficient (Wildman–Crippen LogP) is 1.20. The number of likely N-dealkylation sites (N-methyl/N-ethyl adjacent to an activating group) is 1. The largest absolute Gasteiger partial charge is 0.328 e. The minimum Gasteiger partial charge on any atom is -0.328 e. The standard InChI is InChI=1S/C19H18BrN3O3/c1-22(12-17(24)21-16-9-5-4-8-15(16)20)10-11-23-18(25)13-6-2-3-7-14(13)19(23)26/h2-9H,10-12H2,1H3,(H,21,24)/p+1. The molecule has 1 heterocycles. The average Bonchev–Trinajstić information content (AvgIpc) is 2.86. The number of halogens is 1. The van der Waals surface area contributed by atoms with Crippen LogP contribution in [0, 0.1) is 0 Å². The number of amides is 3. The van der Waals surface area contributed by atoms with Crippen LogP contribution in [-0.2, 0) is 4.79 Å². The van der Waals surface area contributed by atoms with Crippen LogP contribution in [0.1, 0.15) is 20.7 Å². The zero-order valence-electron chi connectivity index (χ0n) is 14.3. The van der Waals surface area contributed by atoms with Crippen molar-refractivity contribution >= 4 is 39.3 Å². The van der Waals surface area contributed by atoms with Crippen molar-refractivity contribution in [3.63, 3.8) is 0 Å². The molecule has 6 nitrogen and oxygen atoms in total. The molecule has 0 radical (unpaired) electrons. The third-order valence-electron chi connectivity index (χ3n) is 4.25.